The van der Waals surface area contributed by atoms with Gasteiger partial charge < -0.3 is 15.5 Å². The number of hydrogen-bond acceptors (Lipinski definition) is 3. The molecular weight excluding hydrogens is 699 g/mol. The highest BCUT2D eigenvalue weighted by molar-refractivity contribution is 5.76. The van der Waals surface area contributed by atoms with E-state index in [1.807, 2.05) is 6.08 Å². The summed E-state index contributed by atoms with van der Waals surface area (Å²) in [5.41, 5.74) is 0. The predicted molar refractivity (Wildman–Crippen MR) is 253 cm³/mol. The van der Waals surface area contributed by atoms with Crippen LogP contribution in [0.2, 0.25) is 0 Å². The lowest BCUT2D eigenvalue weighted by molar-refractivity contribution is -0.123. The Kier molecular flexibility index (Phi) is 47.8. The second-order valence-corrected chi connectivity index (χ2v) is 17.6. The number of carbonyl (C=O) groups is 1. The molecule has 4 heteroatoms. The maximum Gasteiger partial charge on any atom is 0.220 e. The van der Waals surface area contributed by atoms with Crippen LogP contribution in [0.25, 0.3) is 0 Å². The summed E-state index contributed by atoms with van der Waals surface area (Å²) in [7, 11) is 0. The van der Waals surface area contributed by atoms with Crippen molar-refractivity contribution in [3.63, 3.8) is 0 Å². The van der Waals surface area contributed by atoms with Crippen molar-refractivity contribution in [3.8, 4) is 0 Å². The van der Waals surface area contributed by atoms with E-state index in [4.69, 9.17) is 0 Å². The fourth-order valence-corrected chi connectivity index (χ4v) is 7.92. The van der Waals surface area contributed by atoms with Gasteiger partial charge in [0.05, 0.1) is 18.8 Å². The smallest absolute Gasteiger partial charge is 0.220 e. The van der Waals surface area contributed by atoms with E-state index in [-0.39, 0.29) is 12.5 Å². The van der Waals surface area contributed by atoms with Crippen LogP contribution in [0.5, 0.6) is 0 Å². The molecule has 0 bridgehead atoms. The van der Waals surface area contributed by atoms with Gasteiger partial charge in [-0.3, -0.25) is 4.79 Å². The zero-order chi connectivity index (χ0) is 41.4. The van der Waals surface area contributed by atoms with E-state index < -0.39 is 12.1 Å². The van der Waals surface area contributed by atoms with Gasteiger partial charge in [-0.25, -0.2) is 0 Å². The van der Waals surface area contributed by atoms with Gasteiger partial charge in [0.1, 0.15) is 0 Å². The largest absolute Gasteiger partial charge is 0.394 e. The molecule has 0 aliphatic rings. The highest BCUT2D eigenvalue weighted by Crippen LogP contribution is 2.17. The molecule has 0 saturated heterocycles. The SMILES string of the molecule is CCCCCCCCCCC/C=C/CC/C=C/CC/C=C/C(O)C(CO)NC(=O)CCCCCCCCCCCCCCCCCCCCCCCCCCCC. The van der Waals surface area contributed by atoms with E-state index in [0.717, 1.165) is 38.5 Å². The number of unbranched alkanes of at least 4 members (excludes halogenated alkanes) is 36. The Morgan fingerprint density at radius 2 is 0.684 bits per heavy atom. The Labute approximate surface area is 357 Å². The number of aliphatic hydroxyl groups excluding tert-OH is 2. The Morgan fingerprint density at radius 1 is 0.404 bits per heavy atom. The quantitative estimate of drug-likeness (QED) is 0.0424. The first-order valence-corrected chi connectivity index (χ1v) is 25.7. The third kappa shape index (κ3) is 45.5. The van der Waals surface area contributed by atoms with E-state index in [9.17, 15) is 15.0 Å². The molecule has 0 radical (unpaired) electrons. The first-order chi connectivity index (χ1) is 28.2. The molecule has 0 aliphatic heterocycles. The van der Waals surface area contributed by atoms with Gasteiger partial charge in [0.15, 0.2) is 0 Å². The zero-order valence-electron chi connectivity index (χ0n) is 38.6. The van der Waals surface area contributed by atoms with Gasteiger partial charge in [-0.15, -0.1) is 0 Å². The second-order valence-electron chi connectivity index (χ2n) is 17.6. The van der Waals surface area contributed by atoms with E-state index in [0.29, 0.717) is 6.42 Å². The Morgan fingerprint density at radius 3 is 1.02 bits per heavy atom. The summed E-state index contributed by atoms with van der Waals surface area (Å²) in [6.45, 7) is 4.32. The summed E-state index contributed by atoms with van der Waals surface area (Å²) in [6, 6.07) is -0.643. The summed E-state index contributed by atoms with van der Waals surface area (Å²) in [5.74, 6) is -0.0732. The van der Waals surface area contributed by atoms with Gasteiger partial charge in [0.2, 0.25) is 5.91 Å². The minimum Gasteiger partial charge on any atom is -0.394 e. The topological polar surface area (TPSA) is 69.6 Å². The van der Waals surface area contributed by atoms with Crippen LogP contribution in [0.3, 0.4) is 0 Å². The molecule has 1 amide bonds. The molecule has 0 aromatic carbocycles. The van der Waals surface area contributed by atoms with Crippen molar-refractivity contribution in [2.45, 2.75) is 289 Å². The van der Waals surface area contributed by atoms with E-state index in [2.05, 4.69) is 43.5 Å². The molecule has 2 unspecified atom stereocenters. The molecule has 4 nitrogen and oxygen atoms in total. The maximum atomic E-state index is 12.4. The molecule has 0 aromatic heterocycles. The Hall–Kier alpha value is -1.39. The molecular formula is C53H101NO3. The Balaban J connectivity index is 3.53. The predicted octanol–water partition coefficient (Wildman–Crippen LogP) is 16.5. The van der Waals surface area contributed by atoms with Crippen LogP contribution in [0.15, 0.2) is 36.5 Å². The van der Waals surface area contributed by atoms with Crippen LogP contribution in [-0.4, -0.2) is 34.9 Å². The van der Waals surface area contributed by atoms with Crippen LogP contribution in [0, 0.1) is 0 Å². The lowest BCUT2D eigenvalue weighted by Gasteiger charge is -2.19. The summed E-state index contributed by atoms with van der Waals surface area (Å²) < 4.78 is 0. The fraction of sp³-hybridized carbons (Fsp3) is 0.868. The molecule has 0 spiro atoms. The third-order valence-electron chi connectivity index (χ3n) is 11.9. The lowest BCUT2D eigenvalue weighted by Crippen LogP contribution is -2.45. The number of carbonyl (C=O) groups excluding carboxylic acids is 1. The monoisotopic (exact) mass is 800 g/mol. The number of rotatable bonds is 47. The first-order valence-electron chi connectivity index (χ1n) is 25.7. The molecule has 0 aromatic rings. The number of nitrogens with one attached hydrogen (secondary N) is 1. The van der Waals surface area contributed by atoms with Gasteiger partial charge in [0, 0.05) is 6.42 Å². The normalized spacial score (nSPS) is 13.1. The average molecular weight is 800 g/mol. The number of aliphatic hydroxyl groups is 2. The van der Waals surface area contributed by atoms with E-state index in [1.54, 1.807) is 6.08 Å². The van der Waals surface area contributed by atoms with Crippen LogP contribution >= 0.6 is 0 Å². The molecule has 2 atom stereocenters. The second kappa shape index (κ2) is 49.0. The molecule has 0 heterocycles. The van der Waals surface area contributed by atoms with Crippen molar-refractivity contribution in [2.75, 3.05) is 6.61 Å². The van der Waals surface area contributed by atoms with Crippen LogP contribution in [0.1, 0.15) is 277 Å². The van der Waals surface area contributed by atoms with Crippen LogP contribution in [-0.2, 0) is 4.79 Å². The van der Waals surface area contributed by atoms with E-state index in [1.165, 1.54) is 218 Å². The standard InChI is InChI=1S/C53H101NO3/c1-3-5-7-9-11-13-15-17-19-21-23-24-25-26-27-28-29-31-33-35-37-39-41-43-45-47-49-53(57)54-51(50-55)52(56)48-46-44-42-40-38-36-34-32-30-22-20-18-16-14-12-10-8-6-4-2/h30,32,38,40,46,48,51-52,55-56H,3-29,31,33-37,39,41-45,47,49-50H2,1-2H3,(H,54,57)/b32-30+,40-38+,48-46+. The number of hydrogen-bond donors (Lipinski definition) is 3. The molecule has 0 fully saturated rings. The summed E-state index contributed by atoms with van der Waals surface area (Å²) in [4.78, 5) is 12.4. The molecule has 0 aliphatic carbocycles. The molecule has 3 N–H and O–H groups in total. The number of allylic oxidation sites excluding steroid dienone is 5. The number of amides is 1. The third-order valence-corrected chi connectivity index (χ3v) is 11.9. The van der Waals surface area contributed by atoms with Crippen LogP contribution in [0.4, 0.5) is 0 Å². The highest BCUT2D eigenvalue weighted by atomic mass is 16.3. The highest BCUT2D eigenvalue weighted by Gasteiger charge is 2.17. The van der Waals surface area contributed by atoms with Crippen molar-refractivity contribution in [3.05, 3.63) is 36.5 Å². The van der Waals surface area contributed by atoms with Crippen molar-refractivity contribution < 1.29 is 15.0 Å². The molecule has 0 rings (SSSR count). The summed E-state index contributed by atoms with van der Waals surface area (Å²) >= 11 is 0. The summed E-state index contributed by atoms with van der Waals surface area (Å²) in [6.07, 6.45) is 65.7. The molecule has 57 heavy (non-hydrogen) atoms. The molecule has 0 saturated carbocycles. The lowest BCUT2D eigenvalue weighted by atomic mass is 10.0. The average Bonchev–Trinajstić information content (AvgIpc) is 3.22. The first kappa shape index (κ1) is 55.6. The van der Waals surface area contributed by atoms with Crippen molar-refractivity contribution in [1.82, 2.24) is 5.32 Å². The molecule has 336 valence electrons. The Bertz CT molecular complexity index is 866. The van der Waals surface area contributed by atoms with Gasteiger partial charge in [-0.05, 0) is 44.9 Å². The van der Waals surface area contributed by atoms with Crippen LogP contribution < -0.4 is 5.32 Å². The van der Waals surface area contributed by atoms with Gasteiger partial charge in [0.25, 0.3) is 0 Å². The van der Waals surface area contributed by atoms with Crippen molar-refractivity contribution in [2.24, 2.45) is 0 Å². The van der Waals surface area contributed by atoms with Gasteiger partial charge in [-0.1, -0.05) is 262 Å². The van der Waals surface area contributed by atoms with E-state index >= 15 is 0 Å². The minimum absolute atomic E-state index is 0.0732. The van der Waals surface area contributed by atoms with Gasteiger partial charge in [-0.2, -0.15) is 0 Å². The summed E-state index contributed by atoms with van der Waals surface area (Å²) in [5, 5.41) is 23.1. The van der Waals surface area contributed by atoms with Crippen molar-refractivity contribution in [1.29, 1.82) is 0 Å². The minimum atomic E-state index is -0.868. The van der Waals surface area contributed by atoms with Gasteiger partial charge >= 0.3 is 0 Å². The zero-order valence-corrected chi connectivity index (χ0v) is 38.6. The fourth-order valence-electron chi connectivity index (χ4n) is 7.92. The van der Waals surface area contributed by atoms with Crippen molar-refractivity contribution >= 4 is 5.91 Å². The maximum absolute atomic E-state index is 12.4.